The summed E-state index contributed by atoms with van der Waals surface area (Å²) in [5.74, 6) is 0.174. The predicted molar refractivity (Wildman–Crippen MR) is 61.2 cm³/mol. The van der Waals surface area contributed by atoms with Gasteiger partial charge in [0.25, 0.3) is 0 Å². The van der Waals surface area contributed by atoms with Crippen LogP contribution in [0.4, 0.5) is 0 Å². The Bertz CT molecular complexity index is 130. The minimum absolute atomic E-state index is 0.0347. The second kappa shape index (κ2) is 6.38. The van der Waals surface area contributed by atoms with E-state index >= 15 is 0 Å². The summed E-state index contributed by atoms with van der Waals surface area (Å²) < 4.78 is 0. The Morgan fingerprint density at radius 1 is 1.29 bits per heavy atom. The number of aliphatic hydroxyl groups excluding tert-OH is 1. The van der Waals surface area contributed by atoms with E-state index in [1.54, 1.807) is 0 Å². The van der Waals surface area contributed by atoms with Gasteiger partial charge in [-0.1, -0.05) is 20.8 Å². The number of rotatable bonds is 7. The van der Waals surface area contributed by atoms with Crippen molar-refractivity contribution in [2.75, 3.05) is 26.2 Å². The second-order valence-corrected chi connectivity index (χ2v) is 4.00. The molecule has 3 heteroatoms. The molecule has 3 N–H and O–H groups in total. The Balaban J connectivity index is 4.72. The predicted octanol–water partition coefficient (Wildman–Crippen LogP) is 1.06. The van der Waals surface area contributed by atoms with Crippen LogP contribution in [0, 0.1) is 5.92 Å². The van der Waals surface area contributed by atoms with Gasteiger partial charge in [-0.15, -0.1) is 0 Å². The first-order chi connectivity index (χ1) is 6.60. The molecule has 0 fully saturated rings. The molecule has 3 nitrogen and oxygen atoms in total. The molecule has 0 aromatic heterocycles. The van der Waals surface area contributed by atoms with Crippen molar-refractivity contribution in [3.63, 3.8) is 0 Å². The van der Waals surface area contributed by atoms with Crippen LogP contribution in [0.2, 0.25) is 0 Å². The molecule has 0 aromatic rings. The smallest absolute Gasteiger partial charge is 0.0489 e. The molecular weight excluding hydrogens is 176 g/mol. The van der Waals surface area contributed by atoms with E-state index in [1.807, 2.05) is 0 Å². The molecule has 0 heterocycles. The maximum absolute atomic E-state index is 9.33. The third-order valence-corrected chi connectivity index (χ3v) is 3.59. The molecule has 0 aromatic carbocycles. The lowest BCUT2D eigenvalue weighted by Crippen LogP contribution is -2.54. The van der Waals surface area contributed by atoms with E-state index in [2.05, 4.69) is 32.6 Å². The number of nitrogens with zero attached hydrogens (tertiary/aromatic N) is 1. The quantitative estimate of drug-likeness (QED) is 0.649. The SMILES string of the molecule is CCN(CC)[C@@](C)(CC)[C@@H](CN)CO. The van der Waals surface area contributed by atoms with Gasteiger partial charge in [0.2, 0.25) is 0 Å². The molecule has 0 unspecified atom stereocenters. The van der Waals surface area contributed by atoms with Gasteiger partial charge < -0.3 is 10.8 Å². The maximum Gasteiger partial charge on any atom is 0.0489 e. The minimum atomic E-state index is 0.0347. The average molecular weight is 202 g/mol. The van der Waals surface area contributed by atoms with Crippen LogP contribution in [0.5, 0.6) is 0 Å². The normalized spacial score (nSPS) is 18.2. The zero-order valence-corrected chi connectivity index (χ0v) is 10.1. The molecule has 0 aliphatic carbocycles. The number of aliphatic hydroxyl groups is 1. The molecule has 14 heavy (non-hydrogen) atoms. The number of nitrogens with two attached hydrogens (primary N) is 1. The molecular formula is C11H26N2O. The van der Waals surface area contributed by atoms with Crippen molar-refractivity contribution < 1.29 is 5.11 Å². The van der Waals surface area contributed by atoms with Crippen molar-refractivity contribution in [1.82, 2.24) is 4.90 Å². The topological polar surface area (TPSA) is 49.5 Å². The van der Waals surface area contributed by atoms with E-state index < -0.39 is 0 Å². The zero-order chi connectivity index (χ0) is 11.2. The first-order valence-corrected chi connectivity index (χ1v) is 5.66. The van der Waals surface area contributed by atoms with Gasteiger partial charge in [0, 0.05) is 18.1 Å². The lowest BCUT2D eigenvalue weighted by Gasteiger charge is -2.44. The second-order valence-electron chi connectivity index (χ2n) is 4.00. The van der Waals surface area contributed by atoms with Crippen LogP contribution in [0.15, 0.2) is 0 Å². The molecule has 0 spiro atoms. The highest BCUT2D eigenvalue weighted by atomic mass is 16.3. The summed E-state index contributed by atoms with van der Waals surface area (Å²) in [6.45, 7) is 11.4. The Hall–Kier alpha value is -0.120. The Morgan fingerprint density at radius 2 is 1.79 bits per heavy atom. The van der Waals surface area contributed by atoms with Crippen LogP contribution >= 0.6 is 0 Å². The molecule has 86 valence electrons. The molecule has 0 aliphatic rings. The Morgan fingerprint density at radius 3 is 2.00 bits per heavy atom. The minimum Gasteiger partial charge on any atom is -0.396 e. The van der Waals surface area contributed by atoms with E-state index in [1.165, 1.54) is 0 Å². The fourth-order valence-electron chi connectivity index (χ4n) is 2.24. The summed E-state index contributed by atoms with van der Waals surface area (Å²) in [5.41, 5.74) is 5.74. The number of hydrogen-bond donors (Lipinski definition) is 2. The third-order valence-electron chi connectivity index (χ3n) is 3.59. The molecule has 0 radical (unpaired) electrons. The average Bonchev–Trinajstić information content (AvgIpc) is 2.21. The molecule has 0 amide bonds. The highest BCUT2D eigenvalue weighted by Gasteiger charge is 2.35. The van der Waals surface area contributed by atoms with Gasteiger partial charge in [0.15, 0.2) is 0 Å². The molecule has 0 aliphatic heterocycles. The zero-order valence-electron chi connectivity index (χ0n) is 10.1. The van der Waals surface area contributed by atoms with E-state index in [0.29, 0.717) is 6.54 Å². The van der Waals surface area contributed by atoms with E-state index in [9.17, 15) is 5.11 Å². The van der Waals surface area contributed by atoms with Gasteiger partial charge in [0.05, 0.1) is 0 Å². The number of hydrogen-bond acceptors (Lipinski definition) is 3. The van der Waals surface area contributed by atoms with Crippen molar-refractivity contribution >= 4 is 0 Å². The van der Waals surface area contributed by atoms with Gasteiger partial charge in [-0.05, 0) is 33.0 Å². The molecule has 0 saturated heterocycles. The van der Waals surface area contributed by atoms with E-state index in [0.717, 1.165) is 19.5 Å². The van der Waals surface area contributed by atoms with Crippen LogP contribution in [0.3, 0.4) is 0 Å². The van der Waals surface area contributed by atoms with Crippen LogP contribution in [0.25, 0.3) is 0 Å². The van der Waals surface area contributed by atoms with Crippen LogP contribution in [-0.4, -0.2) is 41.8 Å². The van der Waals surface area contributed by atoms with Crippen molar-refractivity contribution in [2.24, 2.45) is 11.7 Å². The first-order valence-electron chi connectivity index (χ1n) is 5.66. The van der Waals surface area contributed by atoms with Crippen LogP contribution < -0.4 is 5.73 Å². The van der Waals surface area contributed by atoms with Gasteiger partial charge in [-0.3, -0.25) is 4.90 Å². The molecule has 0 bridgehead atoms. The van der Waals surface area contributed by atoms with Gasteiger partial charge in [-0.25, -0.2) is 0 Å². The van der Waals surface area contributed by atoms with Crippen molar-refractivity contribution in [1.29, 1.82) is 0 Å². The molecule has 0 saturated carbocycles. The lowest BCUT2D eigenvalue weighted by atomic mass is 9.82. The lowest BCUT2D eigenvalue weighted by molar-refractivity contribution is 0.0259. The van der Waals surface area contributed by atoms with Gasteiger partial charge >= 0.3 is 0 Å². The summed E-state index contributed by atoms with van der Waals surface area (Å²) in [6, 6.07) is 0. The maximum atomic E-state index is 9.33. The van der Waals surface area contributed by atoms with Gasteiger partial charge in [0.1, 0.15) is 0 Å². The Labute approximate surface area is 88.3 Å². The summed E-state index contributed by atoms with van der Waals surface area (Å²) in [5, 5.41) is 9.33. The fourth-order valence-corrected chi connectivity index (χ4v) is 2.24. The highest BCUT2D eigenvalue weighted by Crippen LogP contribution is 2.27. The molecule has 2 atom stereocenters. The summed E-state index contributed by atoms with van der Waals surface area (Å²) in [6.07, 6.45) is 1.02. The fraction of sp³-hybridized carbons (Fsp3) is 1.00. The highest BCUT2D eigenvalue weighted by molar-refractivity contribution is 4.91. The van der Waals surface area contributed by atoms with E-state index in [-0.39, 0.29) is 18.1 Å². The third kappa shape index (κ3) is 2.69. The Kier molecular flexibility index (Phi) is 6.33. The van der Waals surface area contributed by atoms with E-state index in [4.69, 9.17) is 5.73 Å². The summed E-state index contributed by atoms with van der Waals surface area (Å²) in [4.78, 5) is 2.39. The monoisotopic (exact) mass is 202 g/mol. The summed E-state index contributed by atoms with van der Waals surface area (Å²) in [7, 11) is 0. The standard InChI is InChI=1S/C11H26N2O/c1-5-11(4,10(8-12)9-14)13(6-2)7-3/h10,14H,5-9,12H2,1-4H3/t10-,11-/m0/s1. The largest absolute Gasteiger partial charge is 0.396 e. The van der Waals surface area contributed by atoms with Crippen molar-refractivity contribution in [2.45, 2.75) is 39.7 Å². The van der Waals surface area contributed by atoms with Crippen molar-refractivity contribution in [3.05, 3.63) is 0 Å². The summed E-state index contributed by atoms with van der Waals surface area (Å²) >= 11 is 0. The van der Waals surface area contributed by atoms with Gasteiger partial charge in [-0.2, -0.15) is 0 Å². The van der Waals surface area contributed by atoms with Crippen LogP contribution in [-0.2, 0) is 0 Å². The first kappa shape index (κ1) is 13.9. The van der Waals surface area contributed by atoms with Crippen LogP contribution in [0.1, 0.15) is 34.1 Å². The molecule has 0 rings (SSSR count). The van der Waals surface area contributed by atoms with Crippen molar-refractivity contribution in [3.8, 4) is 0 Å².